The molecule has 14 heavy (non-hydrogen) atoms. The smallest absolute Gasteiger partial charge is 0.328 e. The summed E-state index contributed by atoms with van der Waals surface area (Å²) in [6.07, 6.45) is 5.55. The molecule has 4 heteroatoms. The Labute approximate surface area is 83.3 Å². The third-order valence-corrected chi connectivity index (χ3v) is 2.04. The van der Waals surface area contributed by atoms with Gasteiger partial charge in [-0.05, 0) is 13.3 Å². The Balaban J connectivity index is 2.22. The first kappa shape index (κ1) is 10.8. The van der Waals surface area contributed by atoms with Crippen LogP contribution in [0.3, 0.4) is 0 Å². The van der Waals surface area contributed by atoms with Crippen LogP contribution >= 0.6 is 0 Å². The summed E-state index contributed by atoms with van der Waals surface area (Å²) < 4.78 is 4.72. The molecular weight excluding hydrogens is 182 g/mol. The van der Waals surface area contributed by atoms with E-state index in [4.69, 9.17) is 4.74 Å². The van der Waals surface area contributed by atoms with Gasteiger partial charge in [-0.3, -0.25) is 4.79 Å². The molecule has 1 aliphatic heterocycles. The summed E-state index contributed by atoms with van der Waals surface area (Å²) in [6, 6.07) is -0.423. The average molecular weight is 197 g/mol. The van der Waals surface area contributed by atoms with Crippen LogP contribution in [0.15, 0.2) is 12.2 Å². The Kier molecular flexibility index (Phi) is 4.16. The van der Waals surface area contributed by atoms with Crippen LogP contribution in [0.25, 0.3) is 0 Å². The predicted molar refractivity (Wildman–Crippen MR) is 51.6 cm³/mol. The molecule has 1 atom stereocenters. The number of ether oxygens (including phenoxy) is 1. The van der Waals surface area contributed by atoms with Crippen molar-refractivity contribution < 1.29 is 14.3 Å². The normalized spacial score (nSPS) is 21.2. The number of nitrogens with one attached hydrogen (secondary N) is 1. The van der Waals surface area contributed by atoms with Gasteiger partial charge in [-0.15, -0.1) is 0 Å². The molecule has 1 saturated heterocycles. The first-order valence-electron chi connectivity index (χ1n) is 4.81. The van der Waals surface area contributed by atoms with Crippen molar-refractivity contribution in [3.05, 3.63) is 12.2 Å². The van der Waals surface area contributed by atoms with Crippen LogP contribution in [0.4, 0.5) is 0 Å². The van der Waals surface area contributed by atoms with Crippen molar-refractivity contribution in [3.8, 4) is 0 Å². The number of rotatable bonds is 4. The number of carbonyl (C=O) groups is 2. The van der Waals surface area contributed by atoms with Crippen molar-refractivity contribution in [2.45, 2.75) is 32.2 Å². The summed E-state index contributed by atoms with van der Waals surface area (Å²) in [5.41, 5.74) is 0. The molecule has 1 amide bonds. The lowest BCUT2D eigenvalue weighted by Gasteiger charge is -2.07. The number of amides is 1. The predicted octanol–water partition coefficient (Wildman–Crippen LogP) is 0.774. The highest BCUT2D eigenvalue weighted by Crippen LogP contribution is 2.06. The maximum Gasteiger partial charge on any atom is 0.328 e. The highest BCUT2D eigenvalue weighted by Gasteiger charge is 2.27. The van der Waals surface area contributed by atoms with E-state index >= 15 is 0 Å². The van der Waals surface area contributed by atoms with E-state index in [0.717, 1.165) is 0 Å². The number of allylic oxidation sites excluding steroid dienone is 2. The van der Waals surface area contributed by atoms with Gasteiger partial charge in [0.15, 0.2) is 0 Å². The molecule has 0 aromatic carbocycles. The average Bonchev–Trinajstić information content (AvgIpc) is 2.52. The van der Waals surface area contributed by atoms with Gasteiger partial charge in [0.1, 0.15) is 6.04 Å². The standard InChI is InChI=1S/C10H15NO3/c1-2-3-4-5-9(12)11-8-6-7-14-10(8)13/h2-3,8H,4-7H2,1H3,(H,11,12)/b3-2+/t8-/m0/s1. The molecule has 1 fully saturated rings. The summed E-state index contributed by atoms with van der Waals surface area (Å²) in [7, 11) is 0. The topological polar surface area (TPSA) is 55.4 Å². The highest BCUT2D eigenvalue weighted by atomic mass is 16.5. The molecule has 1 rings (SSSR count). The molecule has 4 nitrogen and oxygen atoms in total. The molecule has 0 saturated carbocycles. The summed E-state index contributed by atoms with van der Waals surface area (Å²) in [5.74, 6) is -0.406. The van der Waals surface area contributed by atoms with Crippen LogP contribution in [0.5, 0.6) is 0 Å². The van der Waals surface area contributed by atoms with E-state index < -0.39 is 6.04 Å². The zero-order chi connectivity index (χ0) is 10.4. The summed E-state index contributed by atoms with van der Waals surface area (Å²) in [5, 5.41) is 2.64. The third-order valence-electron chi connectivity index (χ3n) is 2.04. The largest absolute Gasteiger partial charge is 0.464 e. The van der Waals surface area contributed by atoms with E-state index in [-0.39, 0.29) is 11.9 Å². The number of hydrogen-bond acceptors (Lipinski definition) is 3. The molecular formula is C10H15NO3. The molecule has 0 spiro atoms. The quantitative estimate of drug-likeness (QED) is 0.535. The van der Waals surface area contributed by atoms with Crippen molar-refractivity contribution in [2.24, 2.45) is 0 Å². The molecule has 1 heterocycles. The molecule has 0 aromatic rings. The summed E-state index contributed by atoms with van der Waals surface area (Å²) >= 11 is 0. The van der Waals surface area contributed by atoms with Gasteiger partial charge in [-0.25, -0.2) is 4.79 Å². The molecule has 1 aliphatic rings. The Morgan fingerprint density at radius 2 is 2.50 bits per heavy atom. The molecule has 0 aromatic heterocycles. The van der Waals surface area contributed by atoms with Crippen molar-refractivity contribution >= 4 is 11.9 Å². The molecule has 0 bridgehead atoms. The van der Waals surface area contributed by atoms with Crippen LogP contribution in [0, 0.1) is 0 Å². The molecule has 0 unspecified atom stereocenters. The zero-order valence-electron chi connectivity index (χ0n) is 8.29. The van der Waals surface area contributed by atoms with Crippen LogP contribution in [0.1, 0.15) is 26.2 Å². The second-order valence-electron chi connectivity index (χ2n) is 3.18. The second kappa shape index (κ2) is 5.42. The number of hydrogen-bond donors (Lipinski definition) is 1. The van der Waals surface area contributed by atoms with E-state index in [0.29, 0.717) is 25.9 Å². The lowest BCUT2D eigenvalue weighted by molar-refractivity contribution is -0.141. The maximum atomic E-state index is 11.3. The van der Waals surface area contributed by atoms with Crippen molar-refractivity contribution in [1.29, 1.82) is 0 Å². The van der Waals surface area contributed by atoms with Gasteiger partial charge in [0.05, 0.1) is 6.61 Å². The van der Waals surface area contributed by atoms with Crippen molar-refractivity contribution in [1.82, 2.24) is 5.32 Å². The first-order valence-corrected chi connectivity index (χ1v) is 4.81. The lowest BCUT2D eigenvalue weighted by atomic mass is 10.2. The number of carbonyl (C=O) groups excluding carboxylic acids is 2. The van der Waals surface area contributed by atoms with Gasteiger partial charge >= 0.3 is 5.97 Å². The Bertz CT molecular complexity index is 248. The van der Waals surface area contributed by atoms with E-state index in [9.17, 15) is 9.59 Å². The van der Waals surface area contributed by atoms with Crippen LogP contribution in [-0.4, -0.2) is 24.5 Å². The van der Waals surface area contributed by atoms with Gasteiger partial charge in [0.2, 0.25) is 5.91 Å². The first-order chi connectivity index (χ1) is 6.74. The molecule has 1 N–H and O–H groups in total. The van der Waals surface area contributed by atoms with Gasteiger partial charge in [0.25, 0.3) is 0 Å². The molecule has 0 aliphatic carbocycles. The highest BCUT2D eigenvalue weighted by molar-refractivity contribution is 5.85. The van der Waals surface area contributed by atoms with E-state index in [1.54, 1.807) is 0 Å². The van der Waals surface area contributed by atoms with Gasteiger partial charge in [-0.2, -0.15) is 0 Å². The second-order valence-corrected chi connectivity index (χ2v) is 3.18. The van der Waals surface area contributed by atoms with E-state index in [1.165, 1.54) is 0 Å². The number of esters is 1. The fourth-order valence-electron chi connectivity index (χ4n) is 1.27. The van der Waals surface area contributed by atoms with Gasteiger partial charge in [-0.1, -0.05) is 12.2 Å². The van der Waals surface area contributed by atoms with Crippen molar-refractivity contribution in [2.75, 3.05) is 6.61 Å². The van der Waals surface area contributed by atoms with Crippen LogP contribution in [0.2, 0.25) is 0 Å². The SMILES string of the molecule is C/C=C/CCC(=O)N[C@H]1CCOC1=O. The summed E-state index contributed by atoms with van der Waals surface area (Å²) in [4.78, 5) is 22.3. The lowest BCUT2D eigenvalue weighted by Crippen LogP contribution is -2.37. The minimum Gasteiger partial charge on any atom is -0.464 e. The van der Waals surface area contributed by atoms with Gasteiger partial charge < -0.3 is 10.1 Å². The van der Waals surface area contributed by atoms with Crippen LogP contribution in [-0.2, 0) is 14.3 Å². The van der Waals surface area contributed by atoms with E-state index in [1.807, 2.05) is 19.1 Å². The summed E-state index contributed by atoms with van der Waals surface area (Å²) in [6.45, 7) is 2.32. The Hall–Kier alpha value is -1.32. The Morgan fingerprint density at radius 3 is 3.07 bits per heavy atom. The fourth-order valence-corrected chi connectivity index (χ4v) is 1.27. The zero-order valence-corrected chi connectivity index (χ0v) is 8.29. The fraction of sp³-hybridized carbons (Fsp3) is 0.600. The van der Waals surface area contributed by atoms with Crippen molar-refractivity contribution in [3.63, 3.8) is 0 Å². The molecule has 78 valence electrons. The number of cyclic esters (lactones) is 1. The van der Waals surface area contributed by atoms with Crippen LogP contribution < -0.4 is 5.32 Å². The molecule has 0 radical (unpaired) electrons. The van der Waals surface area contributed by atoms with Gasteiger partial charge in [0, 0.05) is 12.8 Å². The minimum absolute atomic E-state index is 0.0908. The monoisotopic (exact) mass is 197 g/mol. The minimum atomic E-state index is -0.423. The Morgan fingerprint density at radius 1 is 1.71 bits per heavy atom. The van der Waals surface area contributed by atoms with E-state index in [2.05, 4.69) is 5.32 Å². The third kappa shape index (κ3) is 3.20. The maximum absolute atomic E-state index is 11.3.